The summed E-state index contributed by atoms with van der Waals surface area (Å²) in [4.78, 5) is 14.8. The van der Waals surface area contributed by atoms with Gasteiger partial charge in [-0.2, -0.15) is 0 Å². The van der Waals surface area contributed by atoms with Crippen LogP contribution in [-0.2, 0) is 4.79 Å². The molecule has 2 heterocycles. The largest absolute Gasteiger partial charge is 0.493 e. The molecule has 21 heavy (non-hydrogen) atoms. The molecule has 1 aromatic carbocycles. The van der Waals surface area contributed by atoms with Crippen LogP contribution in [0.3, 0.4) is 0 Å². The molecule has 116 valence electrons. The molecule has 0 radical (unpaired) electrons. The number of carbonyl (C=O) groups excluding carboxylic acids is 1. The van der Waals surface area contributed by atoms with Crippen LogP contribution < -0.4 is 10.5 Å². The maximum Gasteiger partial charge on any atom is 0.230 e. The highest BCUT2D eigenvalue weighted by atomic mass is 35.5. The normalized spacial score (nSPS) is 27.5. The molecule has 1 fully saturated rings. The van der Waals surface area contributed by atoms with Gasteiger partial charge in [0.1, 0.15) is 5.75 Å². The molecule has 1 saturated heterocycles. The molecular formula is C16H23ClN2O2. The van der Waals surface area contributed by atoms with Gasteiger partial charge in [-0.15, -0.1) is 12.4 Å². The van der Waals surface area contributed by atoms with Crippen molar-refractivity contribution in [1.82, 2.24) is 4.90 Å². The van der Waals surface area contributed by atoms with Gasteiger partial charge in [-0.1, -0.05) is 25.1 Å². The predicted octanol–water partition coefficient (Wildman–Crippen LogP) is 2.17. The minimum Gasteiger partial charge on any atom is -0.493 e. The summed E-state index contributed by atoms with van der Waals surface area (Å²) in [5.41, 5.74) is 6.94. The quantitative estimate of drug-likeness (QED) is 0.911. The van der Waals surface area contributed by atoms with E-state index in [1.54, 1.807) is 0 Å². The zero-order valence-corrected chi connectivity index (χ0v) is 13.2. The van der Waals surface area contributed by atoms with E-state index >= 15 is 0 Å². The second kappa shape index (κ2) is 6.24. The Morgan fingerprint density at radius 3 is 2.95 bits per heavy atom. The van der Waals surface area contributed by atoms with Crippen molar-refractivity contribution in [1.29, 1.82) is 0 Å². The maximum atomic E-state index is 12.8. The van der Waals surface area contributed by atoms with Crippen molar-refractivity contribution in [3.05, 3.63) is 29.8 Å². The first-order chi connectivity index (χ1) is 9.63. The van der Waals surface area contributed by atoms with Gasteiger partial charge in [0.25, 0.3) is 0 Å². The first-order valence-corrected chi connectivity index (χ1v) is 7.33. The molecule has 1 aromatic rings. The van der Waals surface area contributed by atoms with Gasteiger partial charge in [0.2, 0.25) is 5.91 Å². The highest BCUT2D eigenvalue weighted by Gasteiger charge is 2.38. The number of fused-ring (bicyclic) bond motifs is 1. The predicted molar refractivity (Wildman–Crippen MR) is 84.9 cm³/mol. The number of hydrogen-bond donors (Lipinski definition) is 1. The zero-order valence-electron chi connectivity index (χ0n) is 12.4. The molecule has 4 nitrogen and oxygen atoms in total. The van der Waals surface area contributed by atoms with E-state index in [-0.39, 0.29) is 29.6 Å². The average Bonchev–Trinajstić information content (AvgIpc) is 2.89. The molecule has 0 saturated carbocycles. The number of hydrogen-bond acceptors (Lipinski definition) is 3. The number of halogens is 1. The topological polar surface area (TPSA) is 55.6 Å². The Morgan fingerprint density at radius 2 is 2.24 bits per heavy atom. The van der Waals surface area contributed by atoms with Crippen molar-refractivity contribution in [2.75, 3.05) is 26.2 Å². The summed E-state index contributed by atoms with van der Waals surface area (Å²) in [7, 11) is 0. The van der Waals surface area contributed by atoms with Crippen molar-refractivity contribution < 1.29 is 9.53 Å². The van der Waals surface area contributed by atoms with E-state index < -0.39 is 0 Å². The lowest BCUT2D eigenvalue weighted by Gasteiger charge is -2.29. The summed E-state index contributed by atoms with van der Waals surface area (Å²) in [5, 5.41) is 0. The number of amides is 1. The average molecular weight is 311 g/mol. The van der Waals surface area contributed by atoms with Gasteiger partial charge in [0.15, 0.2) is 0 Å². The van der Waals surface area contributed by atoms with Crippen LogP contribution in [0.1, 0.15) is 31.2 Å². The number of likely N-dealkylation sites (tertiary alicyclic amines) is 1. The Labute approximate surface area is 132 Å². The minimum atomic E-state index is -0.0555. The van der Waals surface area contributed by atoms with Gasteiger partial charge in [0.05, 0.1) is 12.5 Å². The minimum absolute atomic E-state index is 0. The third-order valence-corrected chi connectivity index (χ3v) is 4.62. The lowest BCUT2D eigenvalue weighted by molar-refractivity contribution is -0.132. The molecule has 2 aliphatic heterocycles. The lowest BCUT2D eigenvalue weighted by Crippen LogP contribution is -2.38. The SMILES string of the molecule is CC1(CN)CCN(C(=O)C2CCOc3ccccc32)C1.Cl. The van der Waals surface area contributed by atoms with Crippen molar-refractivity contribution >= 4 is 18.3 Å². The molecule has 0 spiro atoms. The lowest BCUT2D eigenvalue weighted by atomic mass is 9.90. The smallest absolute Gasteiger partial charge is 0.230 e. The van der Waals surface area contributed by atoms with E-state index in [1.165, 1.54) is 0 Å². The molecule has 2 atom stereocenters. The highest BCUT2D eigenvalue weighted by molar-refractivity contribution is 5.85. The number of nitrogens with zero attached hydrogens (tertiary/aromatic N) is 1. The number of ether oxygens (including phenoxy) is 1. The fourth-order valence-corrected chi connectivity index (χ4v) is 3.20. The van der Waals surface area contributed by atoms with Crippen LogP contribution in [0.25, 0.3) is 0 Å². The van der Waals surface area contributed by atoms with Crippen LogP contribution in [0.2, 0.25) is 0 Å². The summed E-state index contributed by atoms with van der Waals surface area (Å²) in [6.07, 6.45) is 1.77. The monoisotopic (exact) mass is 310 g/mol. The molecule has 0 aromatic heterocycles. The van der Waals surface area contributed by atoms with Crippen LogP contribution in [0.15, 0.2) is 24.3 Å². The van der Waals surface area contributed by atoms with Crippen LogP contribution >= 0.6 is 12.4 Å². The molecule has 0 aliphatic carbocycles. The molecule has 1 amide bonds. The van der Waals surface area contributed by atoms with Gasteiger partial charge in [-0.25, -0.2) is 0 Å². The molecule has 5 heteroatoms. The summed E-state index contributed by atoms with van der Waals surface area (Å²) in [5.74, 6) is 1.04. The molecule has 0 bridgehead atoms. The van der Waals surface area contributed by atoms with E-state index in [0.717, 1.165) is 37.2 Å². The number of benzene rings is 1. The second-order valence-corrected chi connectivity index (χ2v) is 6.25. The molecule has 2 aliphatic rings. The third kappa shape index (κ3) is 3.01. The standard InChI is InChI=1S/C16H22N2O2.ClH/c1-16(10-17)7-8-18(11-16)15(19)13-6-9-20-14-5-3-2-4-12(13)14;/h2-5,13H,6-11,17H2,1H3;1H. The van der Waals surface area contributed by atoms with Crippen LogP contribution in [0.4, 0.5) is 0 Å². The molecule has 2 N–H and O–H groups in total. The summed E-state index contributed by atoms with van der Waals surface area (Å²) >= 11 is 0. The molecule has 2 unspecified atom stereocenters. The number of nitrogens with two attached hydrogens (primary N) is 1. The van der Waals surface area contributed by atoms with E-state index in [0.29, 0.717) is 13.2 Å². The van der Waals surface area contributed by atoms with Gasteiger partial charge in [-0.05, 0) is 30.9 Å². The second-order valence-electron chi connectivity index (χ2n) is 6.25. The van der Waals surface area contributed by atoms with Crippen LogP contribution in [0, 0.1) is 5.41 Å². The zero-order chi connectivity index (χ0) is 14.2. The summed E-state index contributed by atoms with van der Waals surface area (Å²) in [6.45, 7) is 5.03. The Hall–Kier alpha value is -1.26. The third-order valence-electron chi connectivity index (χ3n) is 4.62. The fourth-order valence-electron chi connectivity index (χ4n) is 3.20. The van der Waals surface area contributed by atoms with Gasteiger partial charge in [-0.3, -0.25) is 4.79 Å². The number of carbonyl (C=O) groups is 1. The van der Waals surface area contributed by atoms with Crippen LogP contribution in [0.5, 0.6) is 5.75 Å². The summed E-state index contributed by atoms with van der Waals surface area (Å²) in [6, 6.07) is 7.88. The Bertz CT molecular complexity index is 523. The summed E-state index contributed by atoms with van der Waals surface area (Å²) < 4.78 is 5.64. The Morgan fingerprint density at radius 1 is 1.48 bits per heavy atom. The van der Waals surface area contributed by atoms with Crippen molar-refractivity contribution in [3.63, 3.8) is 0 Å². The van der Waals surface area contributed by atoms with Crippen molar-refractivity contribution in [2.24, 2.45) is 11.1 Å². The molecular weight excluding hydrogens is 288 g/mol. The maximum absolute atomic E-state index is 12.8. The van der Waals surface area contributed by atoms with Gasteiger partial charge >= 0.3 is 0 Å². The van der Waals surface area contributed by atoms with Crippen molar-refractivity contribution in [3.8, 4) is 5.75 Å². The van der Waals surface area contributed by atoms with Gasteiger partial charge in [0, 0.05) is 18.7 Å². The van der Waals surface area contributed by atoms with E-state index in [1.807, 2.05) is 29.2 Å². The van der Waals surface area contributed by atoms with E-state index in [9.17, 15) is 4.79 Å². The van der Waals surface area contributed by atoms with Crippen molar-refractivity contribution in [2.45, 2.75) is 25.7 Å². The number of para-hydroxylation sites is 1. The molecule has 3 rings (SSSR count). The highest BCUT2D eigenvalue weighted by Crippen LogP contribution is 2.37. The fraction of sp³-hybridized carbons (Fsp3) is 0.562. The van der Waals surface area contributed by atoms with E-state index in [4.69, 9.17) is 10.5 Å². The van der Waals surface area contributed by atoms with E-state index in [2.05, 4.69) is 6.92 Å². The first kappa shape index (κ1) is 16.1. The van der Waals surface area contributed by atoms with Crippen LogP contribution in [-0.4, -0.2) is 37.0 Å². The van der Waals surface area contributed by atoms with Gasteiger partial charge < -0.3 is 15.4 Å². The Balaban J connectivity index is 0.00000161. The first-order valence-electron chi connectivity index (χ1n) is 7.33. The Kier molecular flexibility index (Phi) is 4.79. The number of rotatable bonds is 2.